The quantitative estimate of drug-likeness (QED) is 0.910. The van der Waals surface area contributed by atoms with Gasteiger partial charge in [0.05, 0.1) is 22.6 Å². The second kappa shape index (κ2) is 5.02. The summed E-state index contributed by atoms with van der Waals surface area (Å²) in [6, 6.07) is 4.46. The number of nitrogen functional groups attached to an aromatic ring is 1. The highest BCUT2D eigenvalue weighted by Gasteiger charge is 2.19. The van der Waals surface area contributed by atoms with Crippen molar-refractivity contribution in [2.24, 2.45) is 0 Å². The summed E-state index contributed by atoms with van der Waals surface area (Å²) in [5.41, 5.74) is 5.88. The first kappa shape index (κ1) is 13.6. The highest BCUT2D eigenvalue weighted by molar-refractivity contribution is 7.92. The molecule has 100 valence electrons. The second-order valence-electron chi connectivity index (χ2n) is 3.64. The first-order chi connectivity index (χ1) is 8.90. The van der Waals surface area contributed by atoms with Crippen LogP contribution in [0.25, 0.3) is 0 Å². The van der Waals surface area contributed by atoms with Gasteiger partial charge in [0, 0.05) is 6.20 Å². The van der Waals surface area contributed by atoms with Gasteiger partial charge >= 0.3 is 0 Å². The molecule has 8 heteroatoms. The van der Waals surface area contributed by atoms with Crippen molar-refractivity contribution in [2.75, 3.05) is 10.5 Å². The number of anilines is 2. The van der Waals surface area contributed by atoms with Gasteiger partial charge in [-0.05, 0) is 24.3 Å². The van der Waals surface area contributed by atoms with Crippen molar-refractivity contribution >= 4 is 33.0 Å². The van der Waals surface area contributed by atoms with Crippen LogP contribution in [0.3, 0.4) is 0 Å². The minimum Gasteiger partial charge on any atom is -0.396 e. The van der Waals surface area contributed by atoms with Crippen molar-refractivity contribution in [3.05, 3.63) is 47.5 Å². The zero-order valence-electron chi connectivity index (χ0n) is 9.47. The number of nitrogens with one attached hydrogen (secondary N) is 1. The molecule has 0 unspecified atom stereocenters. The fraction of sp³-hybridized carbons (Fsp3) is 0. The molecule has 0 spiro atoms. The van der Waals surface area contributed by atoms with Crippen LogP contribution < -0.4 is 10.5 Å². The van der Waals surface area contributed by atoms with Gasteiger partial charge < -0.3 is 5.73 Å². The second-order valence-corrected chi connectivity index (χ2v) is 5.70. The number of hydrogen-bond acceptors (Lipinski definition) is 4. The Balaban J connectivity index is 2.44. The molecular formula is C11H9ClFN3O2S. The number of hydrogen-bond donors (Lipinski definition) is 2. The van der Waals surface area contributed by atoms with Gasteiger partial charge in [0.15, 0.2) is 0 Å². The van der Waals surface area contributed by atoms with Crippen LogP contribution in [-0.2, 0) is 10.0 Å². The number of rotatable bonds is 3. The number of pyridine rings is 1. The third-order valence-electron chi connectivity index (χ3n) is 2.28. The first-order valence-electron chi connectivity index (χ1n) is 5.07. The van der Waals surface area contributed by atoms with E-state index in [1.807, 2.05) is 0 Å². The minimum absolute atomic E-state index is 0.0819. The standard InChI is InChI=1S/C11H9ClFN3O2S/c12-8-2-1-7(13)5-11(8)19(17,18)16-10-3-4-15-6-9(10)14/h1-6H,14H2,(H,15,16). The van der Waals surface area contributed by atoms with Gasteiger partial charge in [-0.15, -0.1) is 0 Å². The number of nitrogens with two attached hydrogens (primary N) is 1. The molecule has 0 atom stereocenters. The lowest BCUT2D eigenvalue weighted by molar-refractivity contribution is 0.595. The Morgan fingerprint density at radius 2 is 2.05 bits per heavy atom. The molecule has 0 aliphatic rings. The molecule has 2 aromatic rings. The van der Waals surface area contributed by atoms with E-state index in [2.05, 4.69) is 9.71 Å². The lowest BCUT2D eigenvalue weighted by Gasteiger charge is -2.10. The first-order valence-corrected chi connectivity index (χ1v) is 6.93. The zero-order chi connectivity index (χ0) is 14.0. The summed E-state index contributed by atoms with van der Waals surface area (Å²) < 4.78 is 39.5. The van der Waals surface area contributed by atoms with Crippen LogP contribution in [0.4, 0.5) is 15.8 Å². The monoisotopic (exact) mass is 301 g/mol. The third-order valence-corrected chi connectivity index (χ3v) is 4.13. The van der Waals surface area contributed by atoms with Crippen molar-refractivity contribution in [3.8, 4) is 0 Å². The molecule has 0 radical (unpaired) electrons. The largest absolute Gasteiger partial charge is 0.396 e. The summed E-state index contributed by atoms with van der Waals surface area (Å²) in [4.78, 5) is 3.38. The van der Waals surface area contributed by atoms with E-state index in [4.69, 9.17) is 17.3 Å². The smallest absolute Gasteiger partial charge is 0.263 e. The fourth-order valence-corrected chi connectivity index (χ4v) is 2.98. The van der Waals surface area contributed by atoms with E-state index < -0.39 is 15.8 Å². The molecule has 19 heavy (non-hydrogen) atoms. The van der Waals surface area contributed by atoms with Crippen molar-refractivity contribution in [2.45, 2.75) is 4.90 Å². The molecule has 1 aromatic heterocycles. The molecule has 0 fully saturated rings. The number of nitrogens with zero attached hydrogens (tertiary/aromatic N) is 1. The molecule has 0 amide bonds. The topological polar surface area (TPSA) is 85.1 Å². The summed E-state index contributed by atoms with van der Waals surface area (Å²) in [5, 5.41) is -0.0819. The van der Waals surface area contributed by atoms with E-state index in [0.717, 1.165) is 12.1 Å². The molecule has 0 saturated heterocycles. The van der Waals surface area contributed by atoms with E-state index in [-0.39, 0.29) is 21.3 Å². The molecule has 0 bridgehead atoms. The highest BCUT2D eigenvalue weighted by Crippen LogP contribution is 2.26. The van der Waals surface area contributed by atoms with Crippen LogP contribution in [0.1, 0.15) is 0 Å². The SMILES string of the molecule is Nc1cnccc1NS(=O)(=O)c1cc(F)ccc1Cl. The van der Waals surface area contributed by atoms with Gasteiger partial charge in [-0.1, -0.05) is 11.6 Å². The Kier molecular flexibility index (Phi) is 3.59. The molecule has 1 aromatic carbocycles. The van der Waals surface area contributed by atoms with Gasteiger partial charge in [-0.25, -0.2) is 12.8 Å². The fourth-order valence-electron chi connectivity index (χ4n) is 1.38. The van der Waals surface area contributed by atoms with Gasteiger partial charge in [-0.3, -0.25) is 9.71 Å². The number of sulfonamides is 1. The summed E-state index contributed by atoms with van der Waals surface area (Å²) in [5.74, 6) is -0.701. The van der Waals surface area contributed by atoms with Gasteiger partial charge in [0.2, 0.25) is 0 Å². The van der Waals surface area contributed by atoms with Crippen molar-refractivity contribution < 1.29 is 12.8 Å². The van der Waals surface area contributed by atoms with E-state index in [1.165, 1.54) is 24.5 Å². The number of halogens is 2. The summed E-state index contributed by atoms with van der Waals surface area (Å²) in [6.45, 7) is 0. The Morgan fingerprint density at radius 1 is 1.32 bits per heavy atom. The zero-order valence-corrected chi connectivity index (χ0v) is 11.0. The van der Waals surface area contributed by atoms with E-state index in [9.17, 15) is 12.8 Å². The van der Waals surface area contributed by atoms with Gasteiger partial charge in [0.25, 0.3) is 10.0 Å². The predicted molar refractivity (Wildman–Crippen MR) is 70.9 cm³/mol. The Bertz CT molecular complexity index is 722. The Hall–Kier alpha value is -1.86. The molecular weight excluding hydrogens is 293 g/mol. The average molecular weight is 302 g/mol. The highest BCUT2D eigenvalue weighted by atomic mass is 35.5. The van der Waals surface area contributed by atoms with Crippen LogP contribution in [0.2, 0.25) is 5.02 Å². The summed E-state index contributed by atoms with van der Waals surface area (Å²) in [7, 11) is -4.02. The lowest BCUT2D eigenvalue weighted by Crippen LogP contribution is -2.15. The normalized spacial score (nSPS) is 11.3. The Labute approximate surface area is 114 Å². The molecule has 0 saturated carbocycles. The molecule has 2 rings (SSSR count). The maximum atomic E-state index is 13.1. The van der Waals surface area contributed by atoms with Crippen LogP contribution in [0, 0.1) is 5.82 Å². The minimum atomic E-state index is -4.02. The molecule has 0 aliphatic heterocycles. The number of benzene rings is 1. The molecule has 0 aliphatic carbocycles. The van der Waals surface area contributed by atoms with Gasteiger partial charge in [0.1, 0.15) is 10.7 Å². The number of aromatic nitrogens is 1. The van der Waals surface area contributed by atoms with Crippen LogP contribution in [-0.4, -0.2) is 13.4 Å². The average Bonchev–Trinajstić information content (AvgIpc) is 2.35. The van der Waals surface area contributed by atoms with Crippen LogP contribution in [0.5, 0.6) is 0 Å². The van der Waals surface area contributed by atoms with E-state index in [1.54, 1.807) is 0 Å². The van der Waals surface area contributed by atoms with Crippen molar-refractivity contribution in [1.82, 2.24) is 4.98 Å². The lowest BCUT2D eigenvalue weighted by atomic mass is 10.3. The molecule has 3 N–H and O–H groups in total. The van der Waals surface area contributed by atoms with Crippen molar-refractivity contribution in [3.63, 3.8) is 0 Å². The van der Waals surface area contributed by atoms with E-state index in [0.29, 0.717) is 0 Å². The summed E-state index contributed by atoms with van der Waals surface area (Å²) in [6.07, 6.45) is 2.67. The maximum Gasteiger partial charge on any atom is 0.263 e. The van der Waals surface area contributed by atoms with Gasteiger partial charge in [-0.2, -0.15) is 0 Å². The van der Waals surface area contributed by atoms with Crippen molar-refractivity contribution in [1.29, 1.82) is 0 Å². The summed E-state index contributed by atoms with van der Waals surface area (Å²) >= 11 is 5.76. The van der Waals surface area contributed by atoms with E-state index >= 15 is 0 Å². The third kappa shape index (κ3) is 2.94. The molecule has 5 nitrogen and oxygen atoms in total. The maximum absolute atomic E-state index is 13.1. The molecule has 1 heterocycles. The van der Waals surface area contributed by atoms with Crippen LogP contribution in [0.15, 0.2) is 41.6 Å². The van der Waals surface area contributed by atoms with Crippen LogP contribution >= 0.6 is 11.6 Å². The Morgan fingerprint density at radius 3 is 2.74 bits per heavy atom. The predicted octanol–water partition coefficient (Wildman–Crippen LogP) is 2.26.